The van der Waals surface area contributed by atoms with Gasteiger partial charge < -0.3 is 10.1 Å². The third-order valence-corrected chi connectivity index (χ3v) is 4.05. The Balaban J connectivity index is 2.09. The maximum Gasteiger partial charge on any atom is 0.123 e. The Labute approximate surface area is 118 Å². The summed E-state index contributed by atoms with van der Waals surface area (Å²) in [6, 6.07) is 10.4. The van der Waals surface area contributed by atoms with Crippen molar-refractivity contribution in [3.63, 3.8) is 0 Å². The van der Waals surface area contributed by atoms with Crippen LogP contribution in [-0.4, -0.2) is 25.2 Å². The number of benzene rings is 1. The topological polar surface area (TPSA) is 34.2 Å². The Morgan fingerprint density at radius 3 is 2.74 bits per heavy atom. The van der Waals surface area contributed by atoms with Gasteiger partial charge in [0.15, 0.2) is 0 Å². The number of nitrogens with one attached hydrogen (secondary N) is 1. The molecule has 0 saturated carbocycles. The van der Waals surface area contributed by atoms with Crippen LogP contribution >= 0.6 is 11.3 Å². The number of aryl methyl sites for hydroxylation is 1. The highest BCUT2D eigenvalue weighted by molar-refractivity contribution is 7.15. The van der Waals surface area contributed by atoms with Crippen molar-refractivity contribution in [1.82, 2.24) is 10.3 Å². The highest BCUT2D eigenvalue weighted by Gasteiger charge is 2.10. The Hall–Kier alpha value is -1.23. The Kier molecular flexibility index (Phi) is 5.51. The quantitative estimate of drug-likeness (QED) is 0.789. The number of hydrogen-bond acceptors (Lipinski definition) is 4. The molecule has 19 heavy (non-hydrogen) atoms. The van der Waals surface area contributed by atoms with E-state index in [1.807, 2.05) is 6.07 Å². The molecule has 0 saturated heterocycles. The third-order valence-electron chi connectivity index (χ3n) is 2.90. The molecule has 0 fully saturated rings. The molecule has 2 rings (SSSR count). The van der Waals surface area contributed by atoms with Crippen LogP contribution in [-0.2, 0) is 17.7 Å². The first kappa shape index (κ1) is 14.2. The number of nitrogens with zero attached hydrogens (tertiary/aromatic N) is 1. The molecule has 2 aromatic rings. The van der Waals surface area contributed by atoms with Gasteiger partial charge in [0, 0.05) is 30.6 Å². The molecule has 0 unspecified atom stereocenters. The van der Waals surface area contributed by atoms with E-state index >= 15 is 0 Å². The number of thiazole rings is 1. The second-order valence-corrected chi connectivity index (χ2v) is 5.36. The third kappa shape index (κ3) is 3.86. The van der Waals surface area contributed by atoms with Crippen molar-refractivity contribution in [3.8, 4) is 10.6 Å². The lowest BCUT2D eigenvalue weighted by Crippen LogP contribution is -2.18. The van der Waals surface area contributed by atoms with Crippen LogP contribution in [0.3, 0.4) is 0 Å². The van der Waals surface area contributed by atoms with E-state index in [1.54, 1.807) is 18.4 Å². The standard InChI is InChI=1S/C15H20N2OS/c1-3-13-14(11-16-9-10-18-2)19-15(17-13)12-7-5-4-6-8-12/h4-8,16H,3,9-11H2,1-2H3. The van der Waals surface area contributed by atoms with Gasteiger partial charge in [0.1, 0.15) is 5.01 Å². The largest absolute Gasteiger partial charge is 0.383 e. The summed E-state index contributed by atoms with van der Waals surface area (Å²) in [5.74, 6) is 0. The molecule has 0 aliphatic heterocycles. The lowest BCUT2D eigenvalue weighted by molar-refractivity contribution is 0.199. The van der Waals surface area contributed by atoms with Crippen LogP contribution in [0.15, 0.2) is 30.3 Å². The van der Waals surface area contributed by atoms with E-state index < -0.39 is 0 Å². The SMILES string of the molecule is CCc1nc(-c2ccccc2)sc1CNCCOC. The van der Waals surface area contributed by atoms with E-state index in [1.165, 1.54) is 16.1 Å². The number of rotatable bonds is 7. The van der Waals surface area contributed by atoms with Crippen LogP contribution in [0.4, 0.5) is 0 Å². The van der Waals surface area contributed by atoms with Crippen molar-refractivity contribution >= 4 is 11.3 Å². The monoisotopic (exact) mass is 276 g/mol. The van der Waals surface area contributed by atoms with Crippen molar-refractivity contribution in [1.29, 1.82) is 0 Å². The fourth-order valence-corrected chi connectivity index (χ4v) is 3.00. The molecule has 0 radical (unpaired) electrons. The zero-order valence-corrected chi connectivity index (χ0v) is 12.3. The molecule has 1 aromatic heterocycles. The van der Waals surface area contributed by atoms with E-state index in [2.05, 4.69) is 36.5 Å². The summed E-state index contributed by atoms with van der Waals surface area (Å²) >= 11 is 1.78. The highest BCUT2D eigenvalue weighted by atomic mass is 32.1. The number of methoxy groups -OCH3 is 1. The summed E-state index contributed by atoms with van der Waals surface area (Å²) in [6.07, 6.45) is 0.977. The summed E-state index contributed by atoms with van der Waals surface area (Å²) in [4.78, 5) is 6.08. The van der Waals surface area contributed by atoms with Gasteiger partial charge in [-0.2, -0.15) is 0 Å². The first-order valence-corrected chi connectivity index (χ1v) is 7.40. The maximum atomic E-state index is 5.04. The number of aromatic nitrogens is 1. The molecule has 1 heterocycles. The van der Waals surface area contributed by atoms with Crippen molar-refractivity contribution < 1.29 is 4.74 Å². The van der Waals surface area contributed by atoms with Crippen LogP contribution in [0.5, 0.6) is 0 Å². The lowest BCUT2D eigenvalue weighted by atomic mass is 10.2. The minimum Gasteiger partial charge on any atom is -0.383 e. The number of ether oxygens (including phenoxy) is 1. The summed E-state index contributed by atoms with van der Waals surface area (Å²) in [6.45, 7) is 4.64. The van der Waals surface area contributed by atoms with Gasteiger partial charge in [-0.05, 0) is 6.42 Å². The predicted molar refractivity (Wildman–Crippen MR) is 80.5 cm³/mol. The normalized spacial score (nSPS) is 10.8. The second kappa shape index (κ2) is 7.38. The average Bonchev–Trinajstić information content (AvgIpc) is 2.88. The summed E-state index contributed by atoms with van der Waals surface area (Å²) in [7, 11) is 1.72. The van der Waals surface area contributed by atoms with E-state index in [0.29, 0.717) is 0 Å². The van der Waals surface area contributed by atoms with Crippen LogP contribution in [0.1, 0.15) is 17.5 Å². The van der Waals surface area contributed by atoms with Crippen molar-refractivity contribution in [2.45, 2.75) is 19.9 Å². The van der Waals surface area contributed by atoms with E-state index in [-0.39, 0.29) is 0 Å². The van der Waals surface area contributed by atoms with Gasteiger partial charge in [0.2, 0.25) is 0 Å². The molecular weight excluding hydrogens is 256 g/mol. The van der Waals surface area contributed by atoms with Crippen LogP contribution < -0.4 is 5.32 Å². The fourth-order valence-electron chi connectivity index (χ4n) is 1.88. The fraction of sp³-hybridized carbons (Fsp3) is 0.400. The minimum atomic E-state index is 0.742. The molecule has 0 aliphatic carbocycles. The first-order chi connectivity index (χ1) is 9.35. The zero-order valence-electron chi connectivity index (χ0n) is 11.5. The summed E-state index contributed by atoms with van der Waals surface area (Å²) in [5.41, 5.74) is 2.40. The van der Waals surface area contributed by atoms with E-state index in [9.17, 15) is 0 Å². The zero-order chi connectivity index (χ0) is 13.5. The molecule has 3 nitrogen and oxygen atoms in total. The van der Waals surface area contributed by atoms with Gasteiger partial charge in [-0.1, -0.05) is 37.3 Å². The van der Waals surface area contributed by atoms with Crippen molar-refractivity contribution in [3.05, 3.63) is 40.9 Å². The molecule has 102 valence electrons. The first-order valence-electron chi connectivity index (χ1n) is 6.58. The Morgan fingerprint density at radius 1 is 1.26 bits per heavy atom. The van der Waals surface area contributed by atoms with Crippen LogP contribution in [0, 0.1) is 0 Å². The summed E-state index contributed by atoms with van der Waals surface area (Å²) < 4.78 is 5.04. The van der Waals surface area contributed by atoms with Crippen LogP contribution in [0.25, 0.3) is 10.6 Å². The highest BCUT2D eigenvalue weighted by Crippen LogP contribution is 2.28. The van der Waals surface area contributed by atoms with Gasteiger partial charge >= 0.3 is 0 Å². The van der Waals surface area contributed by atoms with Crippen molar-refractivity contribution in [2.75, 3.05) is 20.3 Å². The van der Waals surface area contributed by atoms with Gasteiger partial charge in [-0.3, -0.25) is 0 Å². The van der Waals surface area contributed by atoms with E-state index in [0.717, 1.165) is 31.1 Å². The number of hydrogen-bond donors (Lipinski definition) is 1. The summed E-state index contributed by atoms with van der Waals surface area (Å²) in [5, 5.41) is 4.50. The lowest BCUT2D eigenvalue weighted by Gasteiger charge is -2.02. The van der Waals surface area contributed by atoms with Gasteiger partial charge in [0.05, 0.1) is 12.3 Å². The molecule has 0 amide bonds. The second-order valence-electron chi connectivity index (χ2n) is 4.28. The average molecular weight is 276 g/mol. The molecule has 0 aliphatic rings. The molecular formula is C15H20N2OS. The molecule has 0 atom stereocenters. The minimum absolute atomic E-state index is 0.742. The maximum absolute atomic E-state index is 5.04. The molecule has 0 spiro atoms. The van der Waals surface area contributed by atoms with Gasteiger partial charge in [-0.25, -0.2) is 4.98 Å². The Bertz CT molecular complexity index is 496. The molecule has 4 heteroatoms. The van der Waals surface area contributed by atoms with Crippen LogP contribution in [0.2, 0.25) is 0 Å². The van der Waals surface area contributed by atoms with Gasteiger partial charge in [0.25, 0.3) is 0 Å². The molecule has 1 N–H and O–H groups in total. The molecule has 0 bridgehead atoms. The van der Waals surface area contributed by atoms with E-state index in [4.69, 9.17) is 9.72 Å². The molecule has 1 aromatic carbocycles. The van der Waals surface area contributed by atoms with Gasteiger partial charge in [-0.15, -0.1) is 11.3 Å². The Morgan fingerprint density at radius 2 is 2.05 bits per heavy atom. The predicted octanol–water partition coefficient (Wildman–Crippen LogP) is 3.11. The smallest absolute Gasteiger partial charge is 0.123 e. The van der Waals surface area contributed by atoms with Crippen molar-refractivity contribution in [2.24, 2.45) is 0 Å².